The normalized spacial score (nSPS) is 15.2. The second-order valence-electron chi connectivity index (χ2n) is 1.91. The summed E-state index contributed by atoms with van der Waals surface area (Å²) < 4.78 is 0. The minimum absolute atomic E-state index is 0. The zero-order chi connectivity index (χ0) is 6.41. The monoisotopic (exact) mass is 148 g/mol. The summed E-state index contributed by atoms with van der Waals surface area (Å²) in [5, 5.41) is 7.32. The van der Waals surface area contributed by atoms with Crippen LogP contribution in [0.5, 0.6) is 0 Å². The van der Waals surface area contributed by atoms with Gasteiger partial charge in [0, 0.05) is 13.0 Å². The topological polar surface area (TPSA) is 49.8 Å². The summed E-state index contributed by atoms with van der Waals surface area (Å²) in [6.45, 7) is 1.43. The summed E-state index contributed by atoms with van der Waals surface area (Å²) in [6, 6.07) is 2.31. The molecule has 1 fully saturated rings. The van der Waals surface area contributed by atoms with Crippen molar-refractivity contribution in [2.75, 3.05) is 0 Å². The van der Waals surface area contributed by atoms with Crippen LogP contribution < -0.4 is 5.73 Å². The second-order valence-corrected chi connectivity index (χ2v) is 1.91. The molecule has 1 rings (SSSR count). The van der Waals surface area contributed by atoms with Gasteiger partial charge in [-0.25, -0.2) is 0 Å². The molecule has 0 spiro atoms. The van der Waals surface area contributed by atoms with Crippen LogP contribution in [0.1, 0.15) is 26.2 Å². The molecular formula is C6H13ClN2. The van der Waals surface area contributed by atoms with Gasteiger partial charge in [0.1, 0.15) is 0 Å². The molecule has 0 aliphatic heterocycles. The summed E-state index contributed by atoms with van der Waals surface area (Å²) in [7, 11) is 0. The third kappa shape index (κ3) is 7.74. The van der Waals surface area contributed by atoms with E-state index >= 15 is 0 Å². The molecule has 0 aromatic carbocycles. The van der Waals surface area contributed by atoms with Crippen molar-refractivity contribution in [1.82, 2.24) is 0 Å². The van der Waals surface area contributed by atoms with Crippen molar-refractivity contribution in [2.24, 2.45) is 5.73 Å². The van der Waals surface area contributed by atoms with Gasteiger partial charge in [0.25, 0.3) is 0 Å². The summed E-state index contributed by atoms with van der Waals surface area (Å²) in [5.74, 6) is 0. The molecule has 0 radical (unpaired) electrons. The lowest BCUT2D eigenvalue weighted by Gasteiger charge is -2.18. The van der Waals surface area contributed by atoms with Gasteiger partial charge in [-0.05, 0) is 12.8 Å². The van der Waals surface area contributed by atoms with Crippen LogP contribution in [0.3, 0.4) is 0 Å². The molecule has 1 aliphatic rings. The van der Waals surface area contributed by atoms with Crippen LogP contribution in [-0.4, -0.2) is 6.04 Å². The van der Waals surface area contributed by atoms with E-state index in [4.69, 9.17) is 11.0 Å². The first kappa shape index (κ1) is 11.5. The maximum absolute atomic E-state index is 7.32. The van der Waals surface area contributed by atoms with Crippen molar-refractivity contribution in [3.63, 3.8) is 0 Å². The zero-order valence-electron chi connectivity index (χ0n) is 5.63. The van der Waals surface area contributed by atoms with Gasteiger partial charge in [-0.15, -0.1) is 12.4 Å². The highest BCUT2D eigenvalue weighted by molar-refractivity contribution is 5.85. The first-order chi connectivity index (χ1) is 3.81. The Labute approximate surface area is 62.4 Å². The molecule has 0 aromatic heterocycles. The largest absolute Gasteiger partial charge is 0.328 e. The predicted molar refractivity (Wildman–Crippen MR) is 40.4 cm³/mol. The molecule has 0 heterocycles. The fourth-order valence-corrected chi connectivity index (χ4v) is 0.440. The lowest BCUT2D eigenvalue weighted by Crippen LogP contribution is -2.27. The Morgan fingerprint density at radius 3 is 1.78 bits per heavy atom. The number of hydrogen-bond donors (Lipinski definition) is 1. The predicted octanol–water partition coefficient (Wildman–Crippen LogP) is 1.45. The van der Waals surface area contributed by atoms with Gasteiger partial charge in [0.15, 0.2) is 0 Å². The fraction of sp³-hybridized carbons (Fsp3) is 0.833. The van der Waals surface area contributed by atoms with E-state index in [-0.39, 0.29) is 12.4 Å². The molecule has 2 nitrogen and oxygen atoms in total. The Kier molecular flexibility index (Phi) is 9.91. The van der Waals surface area contributed by atoms with Gasteiger partial charge < -0.3 is 5.73 Å². The van der Waals surface area contributed by atoms with E-state index < -0.39 is 0 Å². The quantitative estimate of drug-likeness (QED) is 0.566. The second kappa shape index (κ2) is 7.74. The fourth-order valence-electron chi connectivity index (χ4n) is 0.440. The summed E-state index contributed by atoms with van der Waals surface area (Å²) in [4.78, 5) is 0. The van der Waals surface area contributed by atoms with Crippen molar-refractivity contribution in [1.29, 1.82) is 5.26 Å². The molecule has 54 valence electrons. The van der Waals surface area contributed by atoms with Crippen molar-refractivity contribution in [3.05, 3.63) is 0 Å². The molecular weight excluding hydrogens is 136 g/mol. The Hall–Kier alpha value is -0.260. The number of halogens is 1. The van der Waals surface area contributed by atoms with Crippen molar-refractivity contribution in [3.8, 4) is 6.07 Å². The highest BCUT2D eigenvalue weighted by Crippen LogP contribution is 2.14. The van der Waals surface area contributed by atoms with Gasteiger partial charge in [-0.1, -0.05) is 6.42 Å². The van der Waals surface area contributed by atoms with Crippen LogP contribution in [-0.2, 0) is 0 Å². The van der Waals surface area contributed by atoms with Crippen LogP contribution >= 0.6 is 12.4 Å². The smallest absolute Gasteiger partial charge is 0.0587 e. The average molecular weight is 149 g/mol. The maximum atomic E-state index is 7.32. The van der Waals surface area contributed by atoms with E-state index in [0.29, 0.717) is 6.04 Å². The number of nitrogens with zero attached hydrogens (tertiary/aromatic N) is 1. The summed E-state index contributed by atoms with van der Waals surface area (Å²) in [5.41, 5.74) is 5.38. The summed E-state index contributed by atoms with van der Waals surface area (Å²) >= 11 is 0. The summed E-state index contributed by atoms with van der Waals surface area (Å²) in [6.07, 6.45) is 3.89. The molecule has 0 bridgehead atoms. The molecule has 1 aliphatic carbocycles. The van der Waals surface area contributed by atoms with Crippen molar-refractivity contribution < 1.29 is 0 Å². The van der Waals surface area contributed by atoms with Gasteiger partial charge in [0.05, 0.1) is 6.07 Å². The van der Waals surface area contributed by atoms with Crippen molar-refractivity contribution >= 4 is 12.4 Å². The van der Waals surface area contributed by atoms with E-state index in [2.05, 4.69) is 0 Å². The SMILES string of the molecule is CC#N.Cl.NC1CCC1. The first-order valence-corrected chi connectivity index (χ1v) is 2.87. The minimum Gasteiger partial charge on any atom is -0.328 e. The Bertz CT molecular complexity index is 83.5. The lowest BCUT2D eigenvalue weighted by atomic mass is 9.95. The molecule has 1 saturated carbocycles. The third-order valence-electron chi connectivity index (χ3n) is 1.15. The van der Waals surface area contributed by atoms with Crippen molar-refractivity contribution in [2.45, 2.75) is 32.2 Å². The molecule has 0 amide bonds. The average Bonchev–Trinajstić information content (AvgIpc) is 1.64. The van der Waals surface area contributed by atoms with E-state index in [1.165, 1.54) is 26.2 Å². The van der Waals surface area contributed by atoms with Gasteiger partial charge >= 0.3 is 0 Å². The van der Waals surface area contributed by atoms with Crippen LogP contribution in [0, 0.1) is 11.3 Å². The van der Waals surface area contributed by atoms with Gasteiger partial charge in [0.2, 0.25) is 0 Å². The molecule has 0 saturated heterocycles. The van der Waals surface area contributed by atoms with Crippen LogP contribution in [0.15, 0.2) is 0 Å². The maximum Gasteiger partial charge on any atom is 0.0587 e. The van der Waals surface area contributed by atoms with E-state index in [1.807, 2.05) is 0 Å². The number of rotatable bonds is 0. The molecule has 9 heavy (non-hydrogen) atoms. The molecule has 3 heteroatoms. The molecule has 0 atom stereocenters. The zero-order valence-corrected chi connectivity index (χ0v) is 6.45. The van der Waals surface area contributed by atoms with Crippen LogP contribution in [0.2, 0.25) is 0 Å². The first-order valence-electron chi connectivity index (χ1n) is 2.87. The molecule has 0 aromatic rings. The molecule has 0 unspecified atom stereocenters. The van der Waals surface area contributed by atoms with Crippen LogP contribution in [0.25, 0.3) is 0 Å². The third-order valence-corrected chi connectivity index (χ3v) is 1.15. The Balaban J connectivity index is 0. The van der Waals surface area contributed by atoms with Gasteiger partial charge in [-0.2, -0.15) is 5.26 Å². The highest BCUT2D eigenvalue weighted by atomic mass is 35.5. The highest BCUT2D eigenvalue weighted by Gasteiger charge is 2.09. The van der Waals surface area contributed by atoms with Gasteiger partial charge in [-0.3, -0.25) is 0 Å². The van der Waals surface area contributed by atoms with E-state index in [9.17, 15) is 0 Å². The standard InChI is InChI=1S/C4H9N.C2H3N.ClH/c5-4-2-1-3-4;1-2-3;/h4H,1-3,5H2;1H3;1H. The number of nitriles is 1. The molecule has 2 N–H and O–H groups in total. The Morgan fingerprint density at radius 1 is 1.56 bits per heavy atom. The number of nitrogens with two attached hydrogens (primary N) is 1. The Morgan fingerprint density at radius 2 is 1.78 bits per heavy atom. The lowest BCUT2D eigenvalue weighted by molar-refractivity contribution is 0.418. The number of hydrogen-bond acceptors (Lipinski definition) is 2. The minimum atomic E-state index is 0. The van der Waals surface area contributed by atoms with E-state index in [0.717, 1.165) is 0 Å². The van der Waals surface area contributed by atoms with Crippen LogP contribution in [0.4, 0.5) is 0 Å². The van der Waals surface area contributed by atoms with E-state index in [1.54, 1.807) is 6.07 Å².